The van der Waals surface area contributed by atoms with Crippen LogP contribution in [0.4, 0.5) is 0 Å². The molecule has 0 saturated heterocycles. The van der Waals surface area contributed by atoms with Gasteiger partial charge in [0.2, 0.25) is 5.89 Å². The van der Waals surface area contributed by atoms with Crippen molar-refractivity contribution in [2.45, 2.75) is 32.2 Å². The highest BCUT2D eigenvalue weighted by Gasteiger charge is 2.10. The Morgan fingerprint density at radius 3 is 2.72 bits per heavy atom. The van der Waals surface area contributed by atoms with E-state index in [2.05, 4.69) is 26.1 Å². The van der Waals surface area contributed by atoms with Crippen LogP contribution in [0.25, 0.3) is 0 Å². The minimum atomic E-state index is 0.0889. The minimum Gasteiger partial charge on any atom is -0.339 e. The molecule has 2 aromatic rings. The molecule has 0 radical (unpaired) electrons. The monoisotopic (exact) mass is 309 g/mol. The highest BCUT2D eigenvalue weighted by molar-refractivity contribution is 9.10. The van der Waals surface area contributed by atoms with Gasteiger partial charge >= 0.3 is 0 Å². The fourth-order valence-corrected chi connectivity index (χ4v) is 1.86. The van der Waals surface area contributed by atoms with Gasteiger partial charge in [-0.2, -0.15) is 4.98 Å². The van der Waals surface area contributed by atoms with Crippen LogP contribution in [0.2, 0.25) is 0 Å². The van der Waals surface area contributed by atoms with Crippen molar-refractivity contribution < 1.29 is 4.52 Å². The van der Waals surface area contributed by atoms with Gasteiger partial charge in [0.15, 0.2) is 5.82 Å². The van der Waals surface area contributed by atoms with Crippen molar-refractivity contribution in [1.29, 1.82) is 0 Å². The molecule has 0 amide bonds. The normalized spacial score (nSPS) is 12.6. The molecule has 18 heavy (non-hydrogen) atoms. The van der Waals surface area contributed by atoms with Crippen molar-refractivity contribution in [3.63, 3.8) is 0 Å². The summed E-state index contributed by atoms with van der Waals surface area (Å²) in [6.45, 7) is 2.05. The lowest BCUT2D eigenvalue weighted by Crippen LogP contribution is -2.21. The quantitative estimate of drug-likeness (QED) is 0.922. The summed E-state index contributed by atoms with van der Waals surface area (Å²) in [6.07, 6.45) is 2.23. The van der Waals surface area contributed by atoms with E-state index in [-0.39, 0.29) is 6.04 Å². The molecule has 1 unspecified atom stereocenters. The number of benzene rings is 1. The third kappa shape index (κ3) is 3.65. The van der Waals surface area contributed by atoms with E-state index < -0.39 is 0 Å². The van der Waals surface area contributed by atoms with Gasteiger partial charge in [0.05, 0.1) is 0 Å². The molecule has 96 valence electrons. The van der Waals surface area contributed by atoms with E-state index in [0.717, 1.165) is 16.5 Å². The predicted octanol–water partition coefficient (Wildman–Crippen LogP) is 2.70. The van der Waals surface area contributed by atoms with Crippen LogP contribution in [0.1, 0.15) is 30.6 Å². The maximum Gasteiger partial charge on any atom is 0.228 e. The summed E-state index contributed by atoms with van der Waals surface area (Å²) in [5.41, 5.74) is 7.01. The topological polar surface area (TPSA) is 64.9 Å². The van der Waals surface area contributed by atoms with Crippen LogP contribution < -0.4 is 5.73 Å². The first-order valence-corrected chi connectivity index (χ1v) is 6.78. The second kappa shape index (κ2) is 6.11. The molecule has 0 spiro atoms. The summed E-state index contributed by atoms with van der Waals surface area (Å²) in [4.78, 5) is 4.35. The fraction of sp³-hybridized carbons (Fsp3) is 0.385. The zero-order valence-corrected chi connectivity index (χ0v) is 11.9. The van der Waals surface area contributed by atoms with Gasteiger partial charge < -0.3 is 10.3 Å². The molecule has 2 rings (SSSR count). The number of aromatic nitrogens is 2. The number of nitrogens with zero attached hydrogens (tertiary/aromatic N) is 2. The highest BCUT2D eigenvalue weighted by Crippen LogP contribution is 2.13. The van der Waals surface area contributed by atoms with Gasteiger partial charge in [-0.25, -0.2) is 0 Å². The zero-order chi connectivity index (χ0) is 13.0. The van der Waals surface area contributed by atoms with Gasteiger partial charge in [0.1, 0.15) is 0 Å². The molecule has 1 aromatic carbocycles. The Morgan fingerprint density at radius 1 is 1.33 bits per heavy atom. The van der Waals surface area contributed by atoms with E-state index >= 15 is 0 Å². The smallest absolute Gasteiger partial charge is 0.228 e. The minimum absolute atomic E-state index is 0.0889. The molecule has 0 aliphatic carbocycles. The average Bonchev–Trinajstić information content (AvgIpc) is 2.79. The summed E-state index contributed by atoms with van der Waals surface area (Å²) in [5, 5.41) is 3.97. The third-order valence-electron chi connectivity index (χ3n) is 2.75. The molecule has 2 N–H and O–H groups in total. The summed E-state index contributed by atoms with van der Waals surface area (Å²) < 4.78 is 6.25. The molecule has 0 saturated carbocycles. The molecule has 0 fully saturated rings. The van der Waals surface area contributed by atoms with Gasteiger partial charge in [-0.3, -0.25) is 0 Å². The van der Waals surface area contributed by atoms with Gasteiger partial charge in [0.25, 0.3) is 0 Å². The zero-order valence-electron chi connectivity index (χ0n) is 10.3. The Kier molecular flexibility index (Phi) is 4.49. The van der Waals surface area contributed by atoms with Gasteiger partial charge in [0, 0.05) is 23.4 Å². The lowest BCUT2D eigenvalue weighted by molar-refractivity contribution is 0.363. The molecule has 0 bridgehead atoms. The van der Waals surface area contributed by atoms with Crippen LogP contribution in [0, 0.1) is 0 Å². The standard InChI is InChI=1S/C13H16BrN3O/c1-2-11(15)8-13-16-12(17-18-13)7-9-3-5-10(14)6-4-9/h3-6,11H,2,7-8,15H2,1H3. The predicted molar refractivity (Wildman–Crippen MR) is 73.2 cm³/mol. The van der Waals surface area contributed by atoms with E-state index in [9.17, 15) is 0 Å². The average molecular weight is 310 g/mol. The molecule has 0 aliphatic heterocycles. The van der Waals surface area contributed by atoms with Gasteiger partial charge in [-0.15, -0.1) is 0 Å². The third-order valence-corrected chi connectivity index (χ3v) is 3.28. The molecule has 1 atom stereocenters. The highest BCUT2D eigenvalue weighted by atomic mass is 79.9. The van der Waals surface area contributed by atoms with E-state index in [0.29, 0.717) is 24.6 Å². The van der Waals surface area contributed by atoms with E-state index in [1.807, 2.05) is 31.2 Å². The van der Waals surface area contributed by atoms with Crippen LogP contribution in [0.15, 0.2) is 33.3 Å². The van der Waals surface area contributed by atoms with Gasteiger partial charge in [-0.05, 0) is 24.1 Å². The van der Waals surface area contributed by atoms with Crippen LogP contribution in [-0.4, -0.2) is 16.2 Å². The number of halogens is 1. The molecule has 5 heteroatoms. The summed E-state index contributed by atoms with van der Waals surface area (Å²) >= 11 is 3.41. The van der Waals surface area contributed by atoms with Crippen LogP contribution >= 0.6 is 15.9 Å². The first-order valence-electron chi connectivity index (χ1n) is 5.99. The number of rotatable bonds is 5. The van der Waals surface area contributed by atoms with Crippen molar-refractivity contribution in [3.05, 3.63) is 46.0 Å². The summed E-state index contributed by atoms with van der Waals surface area (Å²) in [5.74, 6) is 1.33. The molecular weight excluding hydrogens is 294 g/mol. The number of hydrogen-bond acceptors (Lipinski definition) is 4. The Labute approximate surface area is 115 Å². The Bertz CT molecular complexity index is 495. The van der Waals surface area contributed by atoms with Crippen LogP contribution in [0.5, 0.6) is 0 Å². The van der Waals surface area contributed by atoms with Crippen molar-refractivity contribution in [1.82, 2.24) is 10.1 Å². The van der Waals surface area contributed by atoms with Crippen molar-refractivity contribution in [3.8, 4) is 0 Å². The Balaban J connectivity index is 2.00. The Morgan fingerprint density at radius 2 is 2.06 bits per heavy atom. The molecule has 0 aliphatic rings. The second-order valence-electron chi connectivity index (χ2n) is 4.28. The van der Waals surface area contributed by atoms with Crippen LogP contribution in [-0.2, 0) is 12.8 Å². The van der Waals surface area contributed by atoms with Gasteiger partial charge in [-0.1, -0.05) is 40.1 Å². The largest absolute Gasteiger partial charge is 0.339 e. The number of hydrogen-bond donors (Lipinski definition) is 1. The van der Waals surface area contributed by atoms with E-state index in [1.54, 1.807) is 0 Å². The molecule has 1 aromatic heterocycles. The van der Waals surface area contributed by atoms with Crippen molar-refractivity contribution in [2.24, 2.45) is 5.73 Å². The lowest BCUT2D eigenvalue weighted by Gasteiger charge is -2.02. The maximum absolute atomic E-state index is 5.85. The van der Waals surface area contributed by atoms with E-state index in [1.165, 1.54) is 0 Å². The first-order chi connectivity index (χ1) is 8.67. The number of nitrogens with two attached hydrogens (primary N) is 1. The van der Waals surface area contributed by atoms with E-state index in [4.69, 9.17) is 10.3 Å². The maximum atomic E-state index is 5.85. The van der Waals surface area contributed by atoms with Crippen molar-refractivity contribution >= 4 is 15.9 Å². The molecular formula is C13H16BrN3O. The lowest BCUT2D eigenvalue weighted by atomic mass is 10.1. The Hall–Kier alpha value is -1.20. The second-order valence-corrected chi connectivity index (χ2v) is 5.20. The summed E-state index contributed by atoms with van der Waals surface area (Å²) in [6, 6.07) is 8.17. The molecule has 4 nitrogen and oxygen atoms in total. The summed E-state index contributed by atoms with van der Waals surface area (Å²) in [7, 11) is 0. The first kappa shape index (κ1) is 13.2. The fourth-order valence-electron chi connectivity index (χ4n) is 1.60. The molecule has 1 heterocycles. The van der Waals surface area contributed by atoms with Crippen LogP contribution in [0.3, 0.4) is 0 Å². The van der Waals surface area contributed by atoms with Crippen molar-refractivity contribution in [2.75, 3.05) is 0 Å². The SMILES string of the molecule is CCC(N)Cc1nc(Cc2ccc(Br)cc2)no1.